The highest BCUT2D eigenvalue weighted by Gasteiger charge is 2.16. The van der Waals surface area contributed by atoms with E-state index in [1.54, 1.807) is 12.4 Å². The number of Topliss-reactive ketones (excluding diaryl/α,β-unsaturated/α-hetero) is 1. The second-order valence-corrected chi connectivity index (χ2v) is 4.64. The lowest BCUT2D eigenvalue weighted by Crippen LogP contribution is -2.07. The van der Waals surface area contributed by atoms with Crippen LogP contribution in [0.1, 0.15) is 48.0 Å². The Kier molecular flexibility index (Phi) is 4.26. The molecule has 1 aromatic heterocycles. The Labute approximate surface area is 102 Å². The molecule has 2 heterocycles. The van der Waals surface area contributed by atoms with Crippen LogP contribution < -0.4 is 0 Å². The van der Waals surface area contributed by atoms with Gasteiger partial charge in [0.15, 0.2) is 5.78 Å². The third kappa shape index (κ3) is 3.37. The van der Waals surface area contributed by atoms with Crippen molar-refractivity contribution in [3.63, 3.8) is 0 Å². The lowest BCUT2D eigenvalue weighted by atomic mass is 10.0. The fourth-order valence-electron chi connectivity index (χ4n) is 2.28. The molecule has 0 aliphatic carbocycles. The topological polar surface area (TPSA) is 39.2 Å². The van der Waals surface area contributed by atoms with E-state index in [4.69, 9.17) is 4.74 Å². The van der Waals surface area contributed by atoms with Crippen molar-refractivity contribution in [3.05, 3.63) is 29.6 Å². The van der Waals surface area contributed by atoms with Crippen molar-refractivity contribution in [2.75, 3.05) is 6.61 Å². The van der Waals surface area contributed by atoms with Crippen LogP contribution in [0.25, 0.3) is 0 Å². The lowest BCUT2D eigenvalue weighted by Gasteiger charge is -2.08. The van der Waals surface area contributed by atoms with E-state index in [9.17, 15) is 4.79 Å². The molecular formula is C14H19NO2. The number of pyridine rings is 1. The molecule has 1 fully saturated rings. The van der Waals surface area contributed by atoms with Crippen molar-refractivity contribution in [1.29, 1.82) is 0 Å². The molecule has 1 aromatic rings. The van der Waals surface area contributed by atoms with Gasteiger partial charge in [0.05, 0.1) is 6.10 Å². The minimum atomic E-state index is 0.225. The quantitative estimate of drug-likeness (QED) is 0.734. The number of aromatic nitrogens is 1. The van der Waals surface area contributed by atoms with Crippen LogP contribution in [0.4, 0.5) is 0 Å². The zero-order valence-electron chi connectivity index (χ0n) is 10.3. The van der Waals surface area contributed by atoms with E-state index in [-0.39, 0.29) is 5.78 Å². The highest BCUT2D eigenvalue weighted by atomic mass is 16.5. The molecule has 0 spiro atoms. The van der Waals surface area contributed by atoms with Gasteiger partial charge in [-0.3, -0.25) is 9.78 Å². The Morgan fingerprint density at radius 2 is 2.47 bits per heavy atom. The smallest absolute Gasteiger partial charge is 0.163 e. The van der Waals surface area contributed by atoms with E-state index in [1.807, 2.05) is 13.0 Å². The summed E-state index contributed by atoms with van der Waals surface area (Å²) in [7, 11) is 0. The molecule has 2 rings (SSSR count). The van der Waals surface area contributed by atoms with Crippen molar-refractivity contribution < 1.29 is 9.53 Å². The van der Waals surface area contributed by atoms with Gasteiger partial charge in [0.25, 0.3) is 0 Å². The van der Waals surface area contributed by atoms with Crippen LogP contribution in [-0.2, 0) is 4.74 Å². The zero-order chi connectivity index (χ0) is 12.1. The van der Waals surface area contributed by atoms with E-state index in [1.165, 1.54) is 6.42 Å². The molecule has 0 radical (unpaired) electrons. The summed E-state index contributed by atoms with van der Waals surface area (Å²) in [6.07, 6.45) is 8.69. The first-order chi connectivity index (χ1) is 8.27. The normalized spacial score (nSPS) is 19.5. The molecule has 0 bridgehead atoms. The van der Waals surface area contributed by atoms with Crippen LogP contribution in [0.2, 0.25) is 0 Å². The predicted octanol–water partition coefficient (Wildman–Crippen LogP) is 2.92. The number of ketones is 1. The summed E-state index contributed by atoms with van der Waals surface area (Å²) in [4.78, 5) is 16.0. The number of carbonyl (C=O) groups is 1. The second-order valence-electron chi connectivity index (χ2n) is 4.64. The maximum Gasteiger partial charge on any atom is 0.163 e. The van der Waals surface area contributed by atoms with Crippen molar-refractivity contribution in [3.8, 4) is 0 Å². The summed E-state index contributed by atoms with van der Waals surface area (Å²) in [6, 6.07) is 1.81. The van der Waals surface area contributed by atoms with Crippen LogP contribution in [0.15, 0.2) is 18.5 Å². The largest absolute Gasteiger partial charge is 0.378 e. The summed E-state index contributed by atoms with van der Waals surface area (Å²) in [5.74, 6) is 0.225. The number of aryl methyl sites for hydroxylation is 1. The SMILES string of the molecule is Cc1cnccc1C(=O)CCCC1CCCO1. The molecule has 92 valence electrons. The molecule has 17 heavy (non-hydrogen) atoms. The van der Waals surface area contributed by atoms with Gasteiger partial charge < -0.3 is 4.74 Å². The fourth-order valence-corrected chi connectivity index (χ4v) is 2.28. The molecule has 3 nitrogen and oxygen atoms in total. The first-order valence-corrected chi connectivity index (χ1v) is 6.33. The van der Waals surface area contributed by atoms with E-state index < -0.39 is 0 Å². The summed E-state index contributed by atoms with van der Waals surface area (Å²) in [6.45, 7) is 2.82. The van der Waals surface area contributed by atoms with Crippen LogP contribution >= 0.6 is 0 Å². The lowest BCUT2D eigenvalue weighted by molar-refractivity contribution is 0.0922. The fraction of sp³-hybridized carbons (Fsp3) is 0.571. The highest BCUT2D eigenvalue weighted by molar-refractivity contribution is 5.97. The number of hydrogen-bond donors (Lipinski definition) is 0. The van der Waals surface area contributed by atoms with Gasteiger partial charge in [0.1, 0.15) is 0 Å². The van der Waals surface area contributed by atoms with Crippen molar-refractivity contribution in [2.45, 2.75) is 45.1 Å². The van der Waals surface area contributed by atoms with Crippen LogP contribution in [-0.4, -0.2) is 23.5 Å². The molecule has 1 aliphatic rings. The molecule has 1 aliphatic heterocycles. The Hall–Kier alpha value is -1.22. The van der Waals surface area contributed by atoms with Crippen LogP contribution in [0.3, 0.4) is 0 Å². The Bertz CT molecular complexity index is 384. The van der Waals surface area contributed by atoms with Gasteiger partial charge in [0, 0.05) is 31.0 Å². The van der Waals surface area contributed by atoms with Crippen LogP contribution in [0, 0.1) is 6.92 Å². The van der Waals surface area contributed by atoms with Crippen molar-refractivity contribution in [1.82, 2.24) is 4.98 Å². The van der Waals surface area contributed by atoms with Crippen molar-refractivity contribution in [2.24, 2.45) is 0 Å². The number of hydrogen-bond acceptors (Lipinski definition) is 3. The van der Waals surface area contributed by atoms with E-state index in [2.05, 4.69) is 4.98 Å². The van der Waals surface area contributed by atoms with Gasteiger partial charge in [-0.2, -0.15) is 0 Å². The molecule has 3 heteroatoms. The molecule has 0 aromatic carbocycles. The monoisotopic (exact) mass is 233 g/mol. The number of rotatable bonds is 5. The maximum atomic E-state index is 12.0. The van der Waals surface area contributed by atoms with Gasteiger partial charge in [-0.15, -0.1) is 0 Å². The van der Waals surface area contributed by atoms with Gasteiger partial charge >= 0.3 is 0 Å². The van der Waals surface area contributed by atoms with Gasteiger partial charge in [-0.05, 0) is 44.2 Å². The van der Waals surface area contributed by atoms with E-state index in [0.717, 1.165) is 37.0 Å². The molecule has 0 amide bonds. The predicted molar refractivity (Wildman–Crippen MR) is 66.1 cm³/mol. The highest BCUT2D eigenvalue weighted by Crippen LogP contribution is 2.19. The summed E-state index contributed by atoms with van der Waals surface area (Å²) < 4.78 is 5.54. The molecule has 1 saturated heterocycles. The maximum absolute atomic E-state index is 12.0. The first-order valence-electron chi connectivity index (χ1n) is 6.33. The van der Waals surface area contributed by atoms with Crippen molar-refractivity contribution >= 4 is 5.78 Å². The Morgan fingerprint density at radius 1 is 1.59 bits per heavy atom. The molecular weight excluding hydrogens is 214 g/mol. The van der Waals surface area contributed by atoms with E-state index in [0.29, 0.717) is 12.5 Å². The third-order valence-corrected chi connectivity index (χ3v) is 3.27. The Morgan fingerprint density at radius 3 is 3.18 bits per heavy atom. The Balaban J connectivity index is 1.79. The summed E-state index contributed by atoms with van der Waals surface area (Å²) in [5.41, 5.74) is 1.78. The summed E-state index contributed by atoms with van der Waals surface area (Å²) >= 11 is 0. The summed E-state index contributed by atoms with van der Waals surface area (Å²) in [5, 5.41) is 0. The average Bonchev–Trinajstić information content (AvgIpc) is 2.82. The zero-order valence-corrected chi connectivity index (χ0v) is 10.3. The first kappa shape index (κ1) is 12.2. The minimum absolute atomic E-state index is 0.225. The van der Waals surface area contributed by atoms with Crippen LogP contribution in [0.5, 0.6) is 0 Å². The average molecular weight is 233 g/mol. The van der Waals surface area contributed by atoms with Gasteiger partial charge in [0.2, 0.25) is 0 Å². The minimum Gasteiger partial charge on any atom is -0.378 e. The van der Waals surface area contributed by atoms with Gasteiger partial charge in [-0.1, -0.05) is 0 Å². The molecule has 0 N–H and O–H groups in total. The number of ether oxygens (including phenoxy) is 1. The standard InChI is InChI=1S/C14H19NO2/c1-11-10-15-8-7-13(11)14(16)6-2-4-12-5-3-9-17-12/h7-8,10,12H,2-6,9H2,1H3. The second kappa shape index (κ2) is 5.92. The number of carbonyl (C=O) groups excluding carboxylic acids is 1. The third-order valence-electron chi connectivity index (χ3n) is 3.27. The van der Waals surface area contributed by atoms with E-state index >= 15 is 0 Å². The molecule has 1 atom stereocenters. The number of nitrogens with zero attached hydrogens (tertiary/aromatic N) is 1. The molecule has 1 unspecified atom stereocenters. The van der Waals surface area contributed by atoms with Gasteiger partial charge in [-0.25, -0.2) is 0 Å². The molecule has 0 saturated carbocycles.